The average molecular weight is 444 g/mol. The van der Waals surface area contributed by atoms with E-state index in [1.807, 2.05) is 24.3 Å². The van der Waals surface area contributed by atoms with Gasteiger partial charge in [0.05, 0.1) is 5.56 Å². The van der Waals surface area contributed by atoms with E-state index < -0.39 is 5.91 Å². The zero-order chi connectivity index (χ0) is 23.4. The highest BCUT2D eigenvalue weighted by molar-refractivity contribution is 6.26. The molecule has 0 aliphatic carbocycles. The zero-order valence-electron chi connectivity index (χ0n) is 18.3. The lowest BCUT2D eigenvalue weighted by Crippen LogP contribution is -2.17. The third-order valence-electron chi connectivity index (χ3n) is 6.47. The number of anilines is 1. The van der Waals surface area contributed by atoms with Crippen LogP contribution in [0.4, 0.5) is 5.69 Å². The molecule has 0 heterocycles. The van der Waals surface area contributed by atoms with E-state index in [0.717, 1.165) is 32.3 Å². The minimum absolute atomic E-state index is 0.115. The fraction of sp³-hybridized carbons (Fsp3) is 0.0345. The van der Waals surface area contributed by atoms with Crippen LogP contribution < -0.4 is 10.6 Å². The van der Waals surface area contributed by atoms with Crippen molar-refractivity contribution in [1.29, 1.82) is 0 Å². The molecule has 0 radical (unpaired) electrons. The smallest absolute Gasteiger partial charge is 0.259 e. The van der Waals surface area contributed by atoms with Gasteiger partial charge in [0.25, 0.3) is 11.8 Å². The molecule has 5 heteroatoms. The molecule has 3 N–H and O–H groups in total. The number of phenolic OH excluding ortho intramolecular Hbond substituents is 1. The van der Waals surface area contributed by atoms with Gasteiger partial charge < -0.3 is 15.7 Å². The number of hydrogen-bond acceptors (Lipinski definition) is 3. The van der Waals surface area contributed by atoms with Crippen LogP contribution in [0.25, 0.3) is 43.1 Å². The van der Waals surface area contributed by atoms with Gasteiger partial charge in [-0.2, -0.15) is 0 Å². The predicted octanol–water partition coefficient (Wildman–Crippen LogP) is 6.05. The summed E-state index contributed by atoms with van der Waals surface area (Å²) < 4.78 is 0. The third-order valence-corrected chi connectivity index (χ3v) is 6.47. The summed E-state index contributed by atoms with van der Waals surface area (Å²) in [5, 5.41) is 24.2. The van der Waals surface area contributed by atoms with Gasteiger partial charge in [-0.3, -0.25) is 9.59 Å². The lowest BCUT2D eigenvalue weighted by molar-refractivity contribution is 0.0962. The molecule has 6 aromatic rings. The van der Waals surface area contributed by atoms with Crippen LogP contribution >= 0.6 is 0 Å². The summed E-state index contributed by atoms with van der Waals surface area (Å²) >= 11 is 0. The van der Waals surface area contributed by atoms with Crippen LogP contribution in [0, 0.1) is 0 Å². The van der Waals surface area contributed by atoms with Gasteiger partial charge in [-0.1, -0.05) is 54.6 Å². The molecule has 0 fully saturated rings. The Morgan fingerprint density at radius 3 is 2.12 bits per heavy atom. The molecular formula is C29H20N2O3. The van der Waals surface area contributed by atoms with E-state index in [0.29, 0.717) is 16.6 Å². The monoisotopic (exact) mass is 444 g/mol. The summed E-state index contributed by atoms with van der Waals surface area (Å²) in [6.45, 7) is 0. The molecule has 0 unspecified atom stereocenters. The maximum Gasteiger partial charge on any atom is 0.259 e. The fourth-order valence-corrected chi connectivity index (χ4v) is 4.79. The van der Waals surface area contributed by atoms with E-state index in [4.69, 9.17) is 0 Å². The van der Waals surface area contributed by atoms with Gasteiger partial charge in [-0.15, -0.1) is 0 Å². The zero-order valence-corrected chi connectivity index (χ0v) is 18.3. The highest BCUT2D eigenvalue weighted by atomic mass is 16.3. The van der Waals surface area contributed by atoms with Gasteiger partial charge >= 0.3 is 0 Å². The third kappa shape index (κ3) is 3.02. The Balaban J connectivity index is 1.45. The molecule has 0 aliphatic rings. The van der Waals surface area contributed by atoms with Crippen molar-refractivity contribution in [2.24, 2.45) is 0 Å². The molecule has 0 bridgehead atoms. The van der Waals surface area contributed by atoms with Crippen molar-refractivity contribution >= 4 is 60.6 Å². The van der Waals surface area contributed by atoms with E-state index in [-0.39, 0.29) is 17.2 Å². The van der Waals surface area contributed by atoms with Crippen LogP contribution in [0.3, 0.4) is 0 Å². The SMILES string of the molecule is CNC(=O)c1ccc2cc(O)c(C(=O)Nc3ccc4ccc5cccc6ccc3c4c56)cc2c1. The molecular weight excluding hydrogens is 424 g/mol. The molecule has 0 aromatic heterocycles. The Kier molecular flexibility index (Phi) is 4.39. The summed E-state index contributed by atoms with van der Waals surface area (Å²) in [7, 11) is 1.57. The molecule has 0 saturated heterocycles. The fourth-order valence-electron chi connectivity index (χ4n) is 4.79. The Morgan fingerprint density at radius 1 is 0.676 bits per heavy atom. The molecule has 0 spiro atoms. The van der Waals surface area contributed by atoms with Gasteiger partial charge in [-0.25, -0.2) is 0 Å². The van der Waals surface area contributed by atoms with Crippen LogP contribution in [0.2, 0.25) is 0 Å². The summed E-state index contributed by atoms with van der Waals surface area (Å²) in [5.74, 6) is -0.746. The minimum atomic E-state index is -0.417. The van der Waals surface area contributed by atoms with Gasteiger partial charge in [-0.05, 0) is 68.0 Å². The van der Waals surface area contributed by atoms with Crippen molar-refractivity contribution < 1.29 is 14.7 Å². The summed E-state index contributed by atoms with van der Waals surface area (Å²) in [6, 6.07) is 26.7. The number of aromatic hydroxyl groups is 1. The van der Waals surface area contributed by atoms with Crippen molar-refractivity contribution in [2.75, 3.05) is 12.4 Å². The molecule has 0 atom stereocenters. The molecule has 0 saturated carbocycles. The van der Waals surface area contributed by atoms with E-state index in [1.54, 1.807) is 37.4 Å². The van der Waals surface area contributed by atoms with Crippen molar-refractivity contribution in [3.8, 4) is 5.75 Å². The normalized spacial score (nSPS) is 11.4. The van der Waals surface area contributed by atoms with Gasteiger partial charge in [0.1, 0.15) is 5.75 Å². The molecule has 6 aromatic carbocycles. The highest BCUT2D eigenvalue weighted by Gasteiger charge is 2.17. The quantitative estimate of drug-likeness (QED) is 0.291. The topological polar surface area (TPSA) is 78.4 Å². The number of carbonyl (C=O) groups is 2. The Bertz CT molecular complexity index is 1760. The van der Waals surface area contributed by atoms with Crippen LogP contribution in [-0.2, 0) is 0 Å². The van der Waals surface area contributed by atoms with E-state index in [1.165, 1.54) is 5.39 Å². The Morgan fingerprint density at radius 2 is 1.35 bits per heavy atom. The number of benzene rings is 6. The lowest BCUT2D eigenvalue weighted by atomic mass is 9.93. The van der Waals surface area contributed by atoms with Crippen LogP contribution in [0.15, 0.2) is 84.9 Å². The first-order chi connectivity index (χ1) is 16.5. The second-order valence-electron chi connectivity index (χ2n) is 8.43. The maximum atomic E-state index is 13.3. The van der Waals surface area contributed by atoms with Gasteiger partial charge in [0.15, 0.2) is 0 Å². The van der Waals surface area contributed by atoms with Gasteiger partial charge in [0.2, 0.25) is 0 Å². The van der Waals surface area contributed by atoms with E-state index in [9.17, 15) is 14.7 Å². The van der Waals surface area contributed by atoms with Gasteiger partial charge in [0, 0.05) is 23.7 Å². The molecule has 6 rings (SSSR count). The van der Waals surface area contributed by atoms with Crippen molar-refractivity contribution in [1.82, 2.24) is 5.32 Å². The highest BCUT2D eigenvalue weighted by Crippen LogP contribution is 2.38. The average Bonchev–Trinajstić information content (AvgIpc) is 2.87. The molecule has 0 aliphatic heterocycles. The Labute approximate surface area is 195 Å². The summed E-state index contributed by atoms with van der Waals surface area (Å²) in [5.41, 5.74) is 1.31. The van der Waals surface area contributed by atoms with E-state index in [2.05, 4.69) is 41.0 Å². The van der Waals surface area contributed by atoms with Crippen molar-refractivity contribution in [2.45, 2.75) is 0 Å². The first-order valence-electron chi connectivity index (χ1n) is 11.0. The first kappa shape index (κ1) is 20.0. The molecule has 2 amide bonds. The number of hydrogen-bond donors (Lipinski definition) is 3. The second kappa shape index (κ2) is 7.46. The van der Waals surface area contributed by atoms with Crippen LogP contribution in [-0.4, -0.2) is 24.0 Å². The minimum Gasteiger partial charge on any atom is -0.507 e. The predicted molar refractivity (Wildman–Crippen MR) is 137 cm³/mol. The van der Waals surface area contributed by atoms with Crippen molar-refractivity contribution in [3.05, 3.63) is 96.1 Å². The maximum absolute atomic E-state index is 13.3. The summed E-state index contributed by atoms with van der Waals surface area (Å²) in [6.07, 6.45) is 0. The number of phenols is 1. The van der Waals surface area contributed by atoms with E-state index >= 15 is 0 Å². The largest absolute Gasteiger partial charge is 0.507 e. The summed E-state index contributed by atoms with van der Waals surface area (Å²) in [4.78, 5) is 25.3. The van der Waals surface area contributed by atoms with Crippen LogP contribution in [0.1, 0.15) is 20.7 Å². The molecule has 5 nitrogen and oxygen atoms in total. The number of amides is 2. The number of fused-ring (bicyclic) bond motifs is 1. The van der Waals surface area contributed by atoms with Crippen LogP contribution in [0.5, 0.6) is 5.75 Å². The number of carbonyl (C=O) groups excluding carboxylic acids is 2. The second-order valence-corrected chi connectivity index (χ2v) is 8.43. The first-order valence-corrected chi connectivity index (χ1v) is 11.0. The number of rotatable bonds is 3. The standard InChI is InChI=1S/C29H20N2O3/c1-30-28(33)20-8-7-19-15-25(32)23(14-21(19)13-20)29(34)31-24-12-10-18-6-5-16-3-2-4-17-9-11-22(24)27(18)26(16)17/h2-15,32H,1H3,(H,30,33)(H,31,34). The molecule has 34 heavy (non-hydrogen) atoms. The number of nitrogens with one attached hydrogen (secondary N) is 2. The molecule has 164 valence electrons. The lowest BCUT2D eigenvalue weighted by Gasteiger charge is -2.15. The Hall–Kier alpha value is -4.64. The van der Waals surface area contributed by atoms with Crippen molar-refractivity contribution in [3.63, 3.8) is 0 Å².